The lowest BCUT2D eigenvalue weighted by molar-refractivity contribution is -0.189. The van der Waals surface area contributed by atoms with Gasteiger partial charge in [0, 0.05) is 12.8 Å². The van der Waals surface area contributed by atoms with Crippen LogP contribution < -0.4 is 5.32 Å². The number of amides is 1. The van der Waals surface area contributed by atoms with Crippen LogP contribution >= 0.6 is 12.6 Å². The highest BCUT2D eigenvalue weighted by Gasteiger charge is 2.57. The summed E-state index contributed by atoms with van der Waals surface area (Å²) in [5, 5.41) is 51.0. The second kappa shape index (κ2) is 8.60. The van der Waals surface area contributed by atoms with Crippen LogP contribution in [0.15, 0.2) is 0 Å². The Hall–Kier alpha value is -0.430. The summed E-state index contributed by atoms with van der Waals surface area (Å²) in [4.78, 5) is 9.41. The molecule has 0 aromatic carbocycles. The number of hydrogen-bond donors (Lipinski definition) is 7. The van der Waals surface area contributed by atoms with Crippen LogP contribution in [-0.4, -0.2) is 87.8 Å². The molecule has 11 heteroatoms. The van der Waals surface area contributed by atoms with Gasteiger partial charge in [-0.3, -0.25) is 4.79 Å². The first-order valence-corrected chi connectivity index (χ1v) is 9.44. The van der Waals surface area contributed by atoms with Crippen LogP contribution in [0.5, 0.6) is 0 Å². The molecular formula is C12H25NO8S2. The smallest absolute Gasteiger partial charge is 0.256 e. The number of thiol groups is 1. The van der Waals surface area contributed by atoms with E-state index in [-0.39, 0.29) is 25.1 Å². The molecule has 0 fully saturated rings. The zero-order valence-corrected chi connectivity index (χ0v) is 14.7. The molecule has 4 atom stereocenters. The summed E-state index contributed by atoms with van der Waals surface area (Å²) in [5.74, 6) is -1.53. The van der Waals surface area contributed by atoms with Crippen LogP contribution in [0.1, 0.15) is 19.8 Å². The van der Waals surface area contributed by atoms with Gasteiger partial charge in [0.25, 0.3) is 5.91 Å². The molecule has 138 valence electrons. The number of aliphatic hydroxyl groups excluding tert-OH is 3. The fraction of sp³-hybridized carbons (Fsp3) is 0.917. The van der Waals surface area contributed by atoms with Gasteiger partial charge in [-0.05, 0) is 6.42 Å². The molecular weight excluding hydrogens is 350 g/mol. The van der Waals surface area contributed by atoms with Crippen molar-refractivity contribution in [1.29, 1.82) is 0 Å². The molecule has 0 spiro atoms. The van der Waals surface area contributed by atoms with E-state index in [0.717, 1.165) is 6.26 Å². The molecule has 9 nitrogen and oxygen atoms in total. The third kappa shape index (κ3) is 5.85. The number of carbonyl (C=O) groups is 1. The number of hydrogen-bond acceptors (Lipinski definition) is 9. The second-order valence-corrected chi connectivity index (χ2v) is 8.36. The van der Waals surface area contributed by atoms with E-state index in [9.17, 15) is 33.6 Å². The second-order valence-electron chi connectivity index (χ2n) is 5.42. The van der Waals surface area contributed by atoms with Crippen LogP contribution in [0.25, 0.3) is 0 Å². The maximum absolute atomic E-state index is 12.2. The summed E-state index contributed by atoms with van der Waals surface area (Å²) >= 11 is 3.71. The number of carbonyl (C=O) groups excluding carboxylic acids is 1. The monoisotopic (exact) mass is 375 g/mol. The van der Waals surface area contributed by atoms with Crippen molar-refractivity contribution in [1.82, 2.24) is 5.32 Å². The van der Waals surface area contributed by atoms with Gasteiger partial charge in [-0.2, -0.15) is 0 Å². The predicted octanol–water partition coefficient (Wildman–Crippen LogP) is -2.99. The standard InChI is InChI=1S/C12H25NO8S2/c1-3-4-11(18,10(17)13-5-6-23(2,20)21)12(19,22)9(16)8(15)7-14/h8-9,14-16,18-19,22H,3-7H2,1-2H3,(H,13,17). The minimum atomic E-state index is -3.35. The largest absolute Gasteiger partial charge is 0.394 e. The average Bonchev–Trinajstić information content (AvgIpc) is 2.43. The van der Waals surface area contributed by atoms with Gasteiger partial charge < -0.3 is 30.8 Å². The number of nitrogens with one attached hydrogen (secondary N) is 1. The van der Waals surface area contributed by atoms with Crippen molar-refractivity contribution in [2.24, 2.45) is 0 Å². The highest BCUT2D eigenvalue weighted by atomic mass is 32.2. The van der Waals surface area contributed by atoms with E-state index in [2.05, 4.69) is 17.9 Å². The van der Waals surface area contributed by atoms with E-state index in [1.807, 2.05) is 0 Å². The van der Waals surface area contributed by atoms with E-state index >= 15 is 0 Å². The lowest BCUT2D eigenvalue weighted by Gasteiger charge is -2.42. The van der Waals surface area contributed by atoms with Gasteiger partial charge in [0.1, 0.15) is 22.0 Å². The fourth-order valence-corrected chi connectivity index (χ4v) is 2.79. The minimum Gasteiger partial charge on any atom is -0.394 e. The van der Waals surface area contributed by atoms with Crippen molar-refractivity contribution < 1.29 is 38.7 Å². The molecule has 0 saturated heterocycles. The number of sulfone groups is 1. The van der Waals surface area contributed by atoms with Crippen LogP contribution in [0, 0.1) is 0 Å². The van der Waals surface area contributed by atoms with Crippen molar-refractivity contribution >= 4 is 28.4 Å². The van der Waals surface area contributed by atoms with Gasteiger partial charge in [-0.15, -0.1) is 12.6 Å². The van der Waals surface area contributed by atoms with Crippen LogP contribution in [0.2, 0.25) is 0 Å². The minimum absolute atomic E-state index is 0.209. The first kappa shape index (κ1) is 22.6. The summed E-state index contributed by atoms with van der Waals surface area (Å²) in [7, 11) is -3.35. The Morgan fingerprint density at radius 3 is 2.22 bits per heavy atom. The maximum Gasteiger partial charge on any atom is 0.256 e. The Kier molecular flexibility index (Phi) is 8.44. The molecule has 0 aliphatic carbocycles. The van der Waals surface area contributed by atoms with E-state index < -0.39 is 45.1 Å². The van der Waals surface area contributed by atoms with E-state index in [1.54, 1.807) is 6.92 Å². The first-order valence-electron chi connectivity index (χ1n) is 6.93. The summed E-state index contributed by atoms with van der Waals surface area (Å²) in [6, 6.07) is 0. The Bertz CT molecular complexity index is 495. The summed E-state index contributed by atoms with van der Waals surface area (Å²) in [5.41, 5.74) is -2.61. The fourth-order valence-electron chi connectivity index (χ4n) is 1.94. The van der Waals surface area contributed by atoms with Gasteiger partial charge in [0.2, 0.25) is 0 Å². The summed E-state index contributed by atoms with van der Waals surface area (Å²) in [6.07, 6.45) is -3.13. The Labute approximate surface area is 140 Å². The highest BCUT2D eigenvalue weighted by molar-refractivity contribution is 7.90. The van der Waals surface area contributed by atoms with Crippen molar-refractivity contribution in [3.8, 4) is 0 Å². The number of aliphatic hydroxyl groups is 5. The van der Waals surface area contributed by atoms with Gasteiger partial charge in [0.05, 0.1) is 12.4 Å². The van der Waals surface area contributed by atoms with Gasteiger partial charge in [-0.25, -0.2) is 8.42 Å². The molecule has 1 amide bonds. The third-order valence-corrected chi connectivity index (χ3v) is 4.90. The van der Waals surface area contributed by atoms with Gasteiger partial charge in [0.15, 0.2) is 10.5 Å². The predicted molar refractivity (Wildman–Crippen MR) is 85.6 cm³/mol. The zero-order chi connectivity index (χ0) is 18.5. The molecule has 0 rings (SSSR count). The van der Waals surface area contributed by atoms with Gasteiger partial charge in [-0.1, -0.05) is 13.3 Å². The molecule has 4 unspecified atom stereocenters. The van der Waals surface area contributed by atoms with Crippen molar-refractivity contribution in [2.45, 2.75) is 42.5 Å². The SMILES string of the molecule is CCCC(O)(C(=O)NCCS(C)(=O)=O)C(O)(S)C(O)C(O)CO. The van der Waals surface area contributed by atoms with Gasteiger partial charge >= 0.3 is 0 Å². The van der Waals surface area contributed by atoms with E-state index in [1.165, 1.54) is 0 Å². The molecule has 0 bridgehead atoms. The highest BCUT2D eigenvalue weighted by Crippen LogP contribution is 2.35. The Morgan fingerprint density at radius 2 is 1.83 bits per heavy atom. The maximum atomic E-state index is 12.2. The van der Waals surface area contributed by atoms with Crippen LogP contribution in [-0.2, 0) is 14.6 Å². The topological polar surface area (TPSA) is 164 Å². The summed E-state index contributed by atoms with van der Waals surface area (Å²) < 4.78 is 22.1. The molecule has 6 N–H and O–H groups in total. The quantitative estimate of drug-likeness (QED) is 0.157. The van der Waals surface area contributed by atoms with Crippen molar-refractivity contribution in [3.63, 3.8) is 0 Å². The molecule has 0 radical (unpaired) electrons. The normalized spacial score (nSPS) is 20.2. The molecule has 0 aliphatic heterocycles. The molecule has 0 saturated carbocycles. The van der Waals surface area contributed by atoms with Crippen LogP contribution in [0.4, 0.5) is 0 Å². The molecule has 0 heterocycles. The van der Waals surface area contributed by atoms with E-state index in [0.29, 0.717) is 0 Å². The molecule has 0 aromatic rings. The first-order chi connectivity index (χ1) is 10.3. The van der Waals surface area contributed by atoms with E-state index in [4.69, 9.17) is 5.11 Å². The average molecular weight is 375 g/mol. The molecule has 0 aromatic heterocycles. The Morgan fingerprint density at radius 1 is 1.30 bits per heavy atom. The van der Waals surface area contributed by atoms with Crippen molar-refractivity contribution in [2.75, 3.05) is 25.2 Å². The van der Waals surface area contributed by atoms with Crippen molar-refractivity contribution in [3.05, 3.63) is 0 Å². The zero-order valence-electron chi connectivity index (χ0n) is 13.0. The Balaban J connectivity index is 5.33. The lowest BCUT2D eigenvalue weighted by atomic mass is 9.84. The third-order valence-electron chi connectivity index (χ3n) is 3.32. The van der Waals surface area contributed by atoms with Crippen LogP contribution in [0.3, 0.4) is 0 Å². The molecule has 0 aliphatic rings. The lowest BCUT2D eigenvalue weighted by Crippen LogP contribution is -2.67. The molecule has 23 heavy (non-hydrogen) atoms. The number of rotatable bonds is 10. The summed E-state index contributed by atoms with van der Waals surface area (Å²) in [6.45, 7) is 0.349.